The fourth-order valence-corrected chi connectivity index (χ4v) is 3.61. The molecule has 2 fully saturated rings. The Morgan fingerprint density at radius 2 is 2.21 bits per heavy atom. The number of ether oxygens (including phenoxy) is 1. The van der Waals surface area contributed by atoms with Crippen molar-refractivity contribution in [3.8, 4) is 5.75 Å². The van der Waals surface area contributed by atoms with Crippen LogP contribution in [0.25, 0.3) is 0 Å². The number of carbonyl (C=O) groups is 2. The largest absolute Gasteiger partial charge is 0.482 e. The Morgan fingerprint density at radius 3 is 3.00 bits per heavy atom. The summed E-state index contributed by atoms with van der Waals surface area (Å²) in [6.45, 7) is 4.30. The van der Waals surface area contributed by atoms with E-state index in [-0.39, 0.29) is 24.5 Å². The van der Waals surface area contributed by atoms with Gasteiger partial charge in [0.25, 0.3) is 5.91 Å². The minimum atomic E-state index is -0.163. The molecule has 2 atom stereocenters. The van der Waals surface area contributed by atoms with Crippen LogP contribution in [0.15, 0.2) is 18.2 Å². The predicted molar refractivity (Wildman–Crippen MR) is 90.0 cm³/mol. The SMILES string of the molecule is C[C@H]1CN(C2CC2)C[C@@H]1NC(=O)Cc1ccc2c(c1)NC(=O)CO2. The van der Waals surface area contributed by atoms with E-state index in [1.807, 2.05) is 18.2 Å². The van der Waals surface area contributed by atoms with Crippen LogP contribution < -0.4 is 15.4 Å². The van der Waals surface area contributed by atoms with Crippen molar-refractivity contribution in [2.75, 3.05) is 25.0 Å². The van der Waals surface area contributed by atoms with Crippen LogP contribution >= 0.6 is 0 Å². The summed E-state index contributed by atoms with van der Waals surface area (Å²) in [5.74, 6) is 1.02. The number of hydrogen-bond acceptors (Lipinski definition) is 4. The Kier molecular flexibility index (Phi) is 3.92. The molecule has 128 valence electrons. The van der Waals surface area contributed by atoms with Crippen molar-refractivity contribution in [3.63, 3.8) is 0 Å². The third-order valence-electron chi connectivity index (χ3n) is 5.09. The molecule has 2 aliphatic heterocycles. The Bertz CT molecular complexity index is 671. The quantitative estimate of drug-likeness (QED) is 0.870. The van der Waals surface area contributed by atoms with Crippen molar-refractivity contribution >= 4 is 17.5 Å². The number of fused-ring (bicyclic) bond motifs is 1. The highest BCUT2D eigenvalue weighted by Gasteiger charge is 2.38. The maximum Gasteiger partial charge on any atom is 0.262 e. The third kappa shape index (κ3) is 3.24. The summed E-state index contributed by atoms with van der Waals surface area (Å²) in [6.07, 6.45) is 2.92. The monoisotopic (exact) mass is 329 g/mol. The van der Waals surface area contributed by atoms with Crippen LogP contribution in [-0.2, 0) is 16.0 Å². The molecule has 0 unspecified atom stereocenters. The smallest absolute Gasteiger partial charge is 0.262 e. The highest BCUT2D eigenvalue weighted by Crippen LogP contribution is 2.32. The number of amides is 2. The molecular weight excluding hydrogens is 306 g/mol. The van der Waals surface area contributed by atoms with Gasteiger partial charge in [0.15, 0.2) is 6.61 Å². The zero-order chi connectivity index (χ0) is 16.7. The first-order valence-electron chi connectivity index (χ1n) is 8.67. The lowest BCUT2D eigenvalue weighted by Gasteiger charge is -2.19. The van der Waals surface area contributed by atoms with Crippen LogP contribution in [0.4, 0.5) is 5.69 Å². The standard InChI is InChI=1S/C18H23N3O3/c1-11-8-21(13-3-4-13)9-15(11)20-17(22)7-12-2-5-16-14(6-12)19-18(23)10-24-16/h2,5-6,11,13,15H,3-4,7-10H2,1H3,(H,19,23)(H,20,22)/t11-,15-/m0/s1. The van der Waals surface area contributed by atoms with Gasteiger partial charge in [0.2, 0.25) is 5.91 Å². The van der Waals surface area contributed by atoms with Gasteiger partial charge in [0.1, 0.15) is 5.75 Å². The fourth-order valence-electron chi connectivity index (χ4n) is 3.61. The first-order valence-corrected chi connectivity index (χ1v) is 8.67. The number of benzene rings is 1. The van der Waals surface area contributed by atoms with Crippen molar-refractivity contribution < 1.29 is 14.3 Å². The molecule has 1 aliphatic carbocycles. The van der Waals surface area contributed by atoms with E-state index >= 15 is 0 Å². The van der Waals surface area contributed by atoms with Crippen LogP contribution in [0.5, 0.6) is 5.75 Å². The summed E-state index contributed by atoms with van der Waals surface area (Å²) in [7, 11) is 0. The molecule has 1 saturated heterocycles. The number of anilines is 1. The molecule has 4 rings (SSSR count). The lowest BCUT2D eigenvalue weighted by Crippen LogP contribution is -2.40. The molecule has 1 aromatic rings. The average Bonchev–Trinajstić information content (AvgIpc) is 3.32. The van der Waals surface area contributed by atoms with Gasteiger partial charge < -0.3 is 15.4 Å². The van der Waals surface area contributed by atoms with Gasteiger partial charge in [-0.2, -0.15) is 0 Å². The number of nitrogens with zero attached hydrogens (tertiary/aromatic N) is 1. The highest BCUT2D eigenvalue weighted by atomic mass is 16.5. The molecule has 2 N–H and O–H groups in total. The van der Waals surface area contributed by atoms with E-state index in [4.69, 9.17) is 4.74 Å². The molecule has 2 heterocycles. The third-order valence-corrected chi connectivity index (χ3v) is 5.09. The van der Waals surface area contributed by atoms with Crippen LogP contribution in [-0.4, -0.2) is 48.5 Å². The van der Waals surface area contributed by atoms with Gasteiger partial charge in [-0.1, -0.05) is 13.0 Å². The summed E-state index contributed by atoms with van der Waals surface area (Å²) in [4.78, 5) is 26.3. The summed E-state index contributed by atoms with van der Waals surface area (Å²) in [5.41, 5.74) is 1.52. The molecule has 1 aromatic carbocycles. The molecule has 1 saturated carbocycles. The van der Waals surface area contributed by atoms with Crippen LogP contribution in [0, 0.1) is 5.92 Å². The summed E-state index contributed by atoms with van der Waals surface area (Å²) >= 11 is 0. The normalized spacial score (nSPS) is 26.5. The summed E-state index contributed by atoms with van der Waals surface area (Å²) in [5, 5.41) is 5.96. The molecule has 0 bridgehead atoms. The second-order valence-corrected chi connectivity index (χ2v) is 7.18. The molecule has 0 spiro atoms. The number of rotatable bonds is 4. The van der Waals surface area contributed by atoms with E-state index in [1.165, 1.54) is 12.8 Å². The van der Waals surface area contributed by atoms with E-state index in [1.54, 1.807) is 0 Å². The zero-order valence-electron chi connectivity index (χ0n) is 13.9. The van der Waals surface area contributed by atoms with E-state index in [2.05, 4.69) is 22.5 Å². The first-order chi connectivity index (χ1) is 11.6. The average molecular weight is 329 g/mol. The van der Waals surface area contributed by atoms with Crippen molar-refractivity contribution in [2.45, 2.75) is 38.3 Å². The molecule has 24 heavy (non-hydrogen) atoms. The zero-order valence-corrected chi connectivity index (χ0v) is 13.9. The minimum Gasteiger partial charge on any atom is -0.482 e. The fraction of sp³-hybridized carbons (Fsp3) is 0.556. The predicted octanol–water partition coefficient (Wildman–Crippen LogP) is 1.16. The van der Waals surface area contributed by atoms with Crippen molar-refractivity contribution in [1.82, 2.24) is 10.2 Å². The molecule has 2 amide bonds. The van der Waals surface area contributed by atoms with Gasteiger partial charge in [-0.15, -0.1) is 0 Å². The number of nitrogens with one attached hydrogen (secondary N) is 2. The van der Waals surface area contributed by atoms with E-state index in [0.29, 0.717) is 23.8 Å². The molecular formula is C18H23N3O3. The Labute approximate surface area is 141 Å². The van der Waals surface area contributed by atoms with Gasteiger partial charge in [-0.25, -0.2) is 0 Å². The van der Waals surface area contributed by atoms with Gasteiger partial charge >= 0.3 is 0 Å². The number of carbonyl (C=O) groups excluding carboxylic acids is 2. The van der Waals surface area contributed by atoms with Gasteiger partial charge in [0.05, 0.1) is 12.1 Å². The van der Waals surface area contributed by atoms with Crippen molar-refractivity contribution in [1.29, 1.82) is 0 Å². The first kappa shape index (κ1) is 15.4. The van der Waals surface area contributed by atoms with Gasteiger partial charge in [0, 0.05) is 25.2 Å². The second kappa shape index (κ2) is 6.09. The van der Waals surface area contributed by atoms with E-state index < -0.39 is 0 Å². The van der Waals surface area contributed by atoms with Crippen molar-refractivity contribution in [2.24, 2.45) is 5.92 Å². The summed E-state index contributed by atoms with van der Waals surface area (Å²) in [6, 6.07) is 6.49. The second-order valence-electron chi connectivity index (χ2n) is 7.18. The van der Waals surface area contributed by atoms with Crippen LogP contribution in [0.3, 0.4) is 0 Å². The van der Waals surface area contributed by atoms with Crippen molar-refractivity contribution in [3.05, 3.63) is 23.8 Å². The van der Waals surface area contributed by atoms with Gasteiger partial charge in [-0.05, 0) is 36.5 Å². The lowest BCUT2D eigenvalue weighted by atomic mass is 10.1. The number of hydrogen-bond donors (Lipinski definition) is 2. The van der Waals surface area contributed by atoms with E-state index in [9.17, 15) is 9.59 Å². The molecule has 0 radical (unpaired) electrons. The lowest BCUT2D eigenvalue weighted by molar-refractivity contribution is -0.121. The number of likely N-dealkylation sites (tertiary alicyclic amines) is 1. The molecule has 6 nitrogen and oxygen atoms in total. The van der Waals surface area contributed by atoms with Gasteiger partial charge in [-0.3, -0.25) is 14.5 Å². The Morgan fingerprint density at radius 1 is 1.38 bits per heavy atom. The van der Waals surface area contributed by atoms with E-state index in [0.717, 1.165) is 24.7 Å². The molecule has 6 heteroatoms. The maximum absolute atomic E-state index is 12.4. The maximum atomic E-state index is 12.4. The summed E-state index contributed by atoms with van der Waals surface area (Å²) < 4.78 is 5.34. The highest BCUT2D eigenvalue weighted by molar-refractivity contribution is 5.95. The topological polar surface area (TPSA) is 70.7 Å². The molecule has 3 aliphatic rings. The van der Waals surface area contributed by atoms with Crippen LogP contribution in [0.1, 0.15) is 25.3 Å². The Hall–Kier alpha value is -2.08. The Balaban J connectivity index is 1.36. The molecule has 0 aromatic heterocycles. The minimum absolute atomic E-state index is 0.0347. The van der Waals surface area contributed by atoms with Crippen LogP contribution in [0.2, 0.25) is 0 Å².